The van der Waals surface area contributed by atoms with Crippen molar-refractivity contribution in [3.63, 3.8) is 0 Å². The van der Waals surface area contributed by atoms with Crippen molar-refractivity contribution in [2.24, 2.45) is 5.92 Å². The van der Waals surface area contributed by atoms with Crippen molar-refractivity contribution < 1.29 is 4.74 Å². The van der Waals surface area contributed by atoms with E-state index in [2.05, 4.69) is 11.9 Å². The maximum atomic E-state index is 6.06. The molecule has 0 saturated heterocycles. The molecule has 5 heteroatoms. The van der Waals surface area contributed by atoms with E-state index in [1.54, 1.807) is 6.07 Å². The van der Waals surface area contributed by atoms with Gasteiger partial charge in [0.2, 0.25) is 5.88 Å². The summed E-state index contributed by atoms with van der Waals surface area (Å²) < 4.78 is 5.87. The van der Waals surface area contributed by atoms with Gasteiger partial charge in [-0.25, -0.2) is 0 Å². The van der Waals surface area contributed by atoms with E-state index < -0.39 is 0 Å². The molecular formula is C13H16Cl3NO. The quantitative estimate of drug-likeness (QED) is 0.698. The van der Waals surface area contributed by atoms with Crippen LogP contribution in [0.3, 0.4) is 0 Å². The molecule has 0 amide bonds. The summed E-state index contributed by atoms with van der Waals surface area (Å²) in [6.07, 6.45) is 5.98. The van der Waals surface area contributed by atoms with Gasteiger partial charge in [-0.05, 0) is 31.2 Å². The summed E-state index contributed by atoms with van der Waals surface area (Å²) in [6, 6.07) is 1.58. The lowest BCUT2D eigenvalue weighted by atomic mass is 9.85. The van der Waals surface area contributed by atoms with E-state index in [1.807, 2.05) is 0 Å². The lowest BCUT2D eigenvalue weighted by Gasteiger charge is -2.28. The van der Waals surface area contributed by atoms with Crippen molar-refractivity contribution in [1.29, 1.82) is 0 Å². The van der Waals surface area contributed by atoms with E-state index in [1.165, 1.54) is 19.3 Å². The van der Waals surface area contributed by atoms with Gasteiger partial charge >= 0.3 is 0 Å². The molecule has 1 aromatic heterocycles. The largest absolute Gasteiger partial charge is 0.473 e. The summed E-state index contributed by atoms with van der Waals surface area (Å²) in [5.41, 5.74) is 0. The highest BCUT2D eigenvalue weighted by Crippen LogP contribution is 2.34. The molecule has 1 aromatic rings. The molecule has 1 heterocycles. The molecule has 0 bridgehead atoms. The smallest absolute Gasteiger partial charge is 0.234 e. The van der Waals surface area contributed by atoms with Crippen LogP contribution >= 0.6 is 34.8 Å². The predicted molar refractivity (Wildman–Crippen MR) is 75.9 cm³/mol. The summed E-state index contributed by atoms with van der Waals surface area (Å²) in [5.74, 6) is 1.14. The van der Waals surface area contributed by atoms with E-state index in [4.69, 9.17) is 39.5 Å². The molecule has 0 spiro atoms. The first kappa shape index (κ1) is 14.2. The highest BCUT2D eigenvalue weighted by molar-refractivity contribution is 6.42. The Morgan fingerprint density at radius 2 is 2.06 bits per heavy atom. The Hall–Kier alpha value is -0.180. The highest BCUT2D eigenvalue weighted by Gasteiger charge is 2.23. The molecule has 0 aliphatic heterocycles. The van der Waals surface area contributed by atoms with Gasteiger partial charge in [0, 0.05) is 0 Å². The van der Waals surface area contributed by atoms with Gasteiger partial charge in [-0.15, -0.1) is 0 Å². The summed E-state index contributed by atoms with van der Waals surface area (Å²) in [7, 11) is 0. The fourth-order valence-corrected chi connectivity index (χ4v) is 2.92. The van der Waals surface area contributed by atoms with Gasteiger partial charge in [0.05, 0.1) is 5.02 Å². The number of aromatic nitrogens is 1. The number of rotatable bonds is 3. The molecule has 18 heavy (non-hydrogen) atoms. The van der Waals surface area contributed by atoms with E-state index >= 15 is 0 Å². The Morgan fingerprint density at radius 1 is 1.28 bits per heavy atom. The van der Waals surface area contributed by atoms with Crippen molar-refractivity contribution in [3.05, 3.63) is 21.3 Å². The Balaban J connectivity index is 2.07. The van der Waals surface area contributed by atoms with Crippen LogP contribution in [0.1, 0.15) is 39.0 Å². The van der Waals surface area contributed by atoms with Crippen LogP contribution in [-0.2, 0) is 0 Å². The van der Waals surface area contributed by atoms with Gasteiger partial charge in [0.15, 0.2) is 5.15 Å². The zero-order valence-corrected chi connectivity index (χ0v) is 12.5. The number of halogens is 3. The zero-order chi connectivity index (χ0) is 13.1. The third-order valence-corrected chi connectivity index (χ3v) is 4.39. The van der Waals surface area contributed by atoms with Crippen molar-refractivity contribution in [1.82, 2.24) is 4.98 Å². The number of hydrogen-bond donors (Lipinski definition) is 0. The maximum Gasteiger partial charge on any atom is 0.234 e. The molecule has 2 nitrogen and oxygen atoms in total. The van der Waals surface area contributed by atoms with Gasteiger partial charge in [-0.2, -0.15) is 4.98 Å². The van der Waals surface area contributed by atoms with E-state index in [-0.39, 0.29) is 11.3 Å². The Bertz CT molecular complexity index is 425. The van der Waals surface area contributed by atoms with Crippen LogP contribution in [0.5, 0.6) is 5.88 Å². The first-order valence-electron chi connectivity index (χ1n) is 6.28. The molecule has 2 rings (SSSR count). The second-order valence-corrected chi connectivity index (χ2v) is 5.90. The van der Waals surface area contributed by atoms with Crippen LogP contribution in [-0.4, -0.2) is 11.1 Å². The Morgan fingerprint density at radius 3 is 2.78 bits per heavy atom. The average molecular weight is 309 g/mol. The molecule has 1 aliphatic carbocycles. The first-order valence-corrected chi connectivity index (χ1v) is 7.41. The van der Waals surface area contributed by atoms with Crippen LogP contribution in [0.2, 0.25) is 15.2 Å². The lowest BCUT2D eigenvalue weighted by Crippen LogP contribution is -2.25. The predicted octanol–water partition coefficient (Wildman–Crippen LogP) is 5.39. The minimum atomic E-state index is 0.186. The van der Waals surface area contributed by atoms with Crippen LogP contribution in [0.25, 0.3) is 0 Å². The number of hydrogen-bond acceptors (Lipinski definition) is 2. The molecule has 100 valence electrons. The number of nitrogens with zero attached hydrogens (tertiary/aromatic N) is 1. The second-order valence-electron chi connectivity index (χ2n) is 4.73. The zero-order valence-electron chi connectivity index (χ0n) is 10.3. The standard InChI is InChI=1S/C13H16Cl3NO/c1-2-8-4-3-5-9(6-8)18-13-11(15)7-10(14)12(16)17-13/h7-9H,2-6H2,1H3. The third-order valence-electron chi connectivity index (χ3n) is 3.44. The molecule has 2 unspecified atom stereocenters. The summed E-state index contributed by atoms with van der Waals surface area (Å²) in [6.45, 7) is 2.22. The van der Waals surface area contributed by atoms with Gasteiger partial charge in [-0.1, -0.05) is 54.6 Å². The molecule has 0 N–H and O–H groups in total. The molecule has 1 fully saturated rings. The molecule has 2 atom stereocenters. The fourth-order valence-electron chi connectivity index (χ4n) is 2.39. The third kappa shape index (κ3) is 3.43. The molecule has 0 aromatic carbocycles. The van der Waals surface area contributed by atoms with Crippen molar-refractivity contribution in [3.8, 4) is 5.88 Å². The number of pyridine rings is 1. The first-order chi connectivity index (χ1) is 8.60. The van der Waals surface area contributed by atoms with E-state index in [0.717, 1.165) is 18.8 Å². The lowest BCUT2D eigenvalue weighted by molar-refractivity contribution is 0.117. The van der Waals surface area contributed by atoms with Crippen molar-refractivity contribution in [2.45, 2.75) is 45.1 Å². The van der Waals surface area contributed by atoms with Crippen LogP contribution in [0.4, 0.5) is 0 Å². The topological polar surface area (TPSA) is 22.1 Å². The minimum absolute atomic E-state index is 0.186. The molecule has 1 saturated carbocycles. The molecule has 0 radical (unpaired) electrons. The van der Waals surface area contributed by atoms with Crippen LogP contribution < -0.4 is 4.74 Å². The van der Waals surface area contributed by atoms with Gasteiger partial charge in [0.1, 0.15) is 11.1 Å². The summed E-state index contributed by atoms with van der Waals surface area (Å²) in [5, 5.41) is 1.01. The molecular weight excluding hydrogens is 293 g/mol. The summed E-state index contributed by atoms with van der Waals surface area (Å²) >= 11 is 17.8. The normalized spacial score (nSPS) is 24.0. The SMILES string of the molecule is CCC1CCCC(Oc2nc(Cl)c(Cl)cc2Cl)C1. The number of ether oxygens (including phenoxy) is 1. The fraction of sp³-hybridized carbons (Fsp3) is 0.615. The highest BCUT2D eigenvalue weighted by atomic mass is 35.5. The Kier molecular flexibility index (Phi) is 4.99. The van der Waals surface area contributed by atoms with Gasteiger partial charge < -0.3 is 4.74 Å². The van der Waals surface area contributed by atoms with Crippen molar-refractivity contribution >= 4 is 34.8 Å². The maximum absolute atomic E-state index is 6.06. The van der Waals surface area contributed by atoms with Gasteiger partial charge in [0.25, 0.3) is 0 Å². The van der Waals surface area contributed by atoms with E-state index in [9.17, 15) is 0 Å². The van der Waals surface area contributed by atoms with Crippen molar-refractivity contribution in [2.75, 3.05) is 0 Å². The van der Waals surface area contributed by atoms with Crippen LogP contribution in [0.15, 0.2) is 6.07 Å². The van der Waals surface area contributed by atoms with E-state index in [0.29, 0.717) is 15.9 Å². The molecule has 1 aliphatic rings. The van der Waals surface area contributed by atoms with Gasteiger partial charge in [-0.3, -0.25) is 0 Å². The Labute approximate surface area is 123 Å². The second kappa shape index (κ2) is 6.31. The summed E-state index contributed by atoms with van der Waals surface area (Å²) in [4.78, 5) is 4.10. The minimum Gasteiger partial charge on any atom is -0.473 e. The monoisotopic (exact) mass is 307 g/mol. The average Bonchev–Trinajstić information content (AvgIpc) is 2.36. The van der Waals surface area contributed by atoms with Crippen LogP contribution in [0, 0.1) is 5.92 Å².